The van der Waals surface area contributed by atoms with Crippen molar-refractivity contribution in [3.05, 3.63) is 45.3 Å². The number of aliphatic carboxylic acids is 2. The molecule has 0 radical (unpaired) electrons. The number of aryl methyl sites for hydroxylation is 2. The van der Waals surface area contributed by atoms with E-state index < -0.39 is 11.9 Å². The summed E-state index contributed by atoms with van der Waals surface area (Å²) in [5.41, 5.74) is 6.37. The van der Waals surface area contributed by atoms with Crippen LogP contribution in [0, 0.1) is 27.7 Å². The number of hydrogen-bond acceptors (Lipinski definition) is 6. The highest BCUT2D eigenvalue weighted by Gasteiger charge is 2.21. The Labute approximate surface area is 289 Å². The van der Waals surface area contributed by atoms with E-state index in [9.17, 15) is 9.59 Å². The van der Waals surface area contributed by atoms with Gasteiger partial charge in [-0.3, -0.25) is 9.59 Å². The predicted molar refractivity (Wildman–Crippen MR) is 196 cm³/mol. The zero-order valence-electron chi connectivity index (χ0n) is 31.0. The molecule has 0 atom stereocenters. The van der Waals surface area contributed by atoms with Crippen LogP contribution in [0.1, 0.15) is 188 Å². The molecule has 8 heteroatoms. The van der Waals surface area contributed by atoms with Gasteiger partial charge in [-0.2, -0.15) is 10.2 Å². The van der Waals surface area contributed by atoms with Gasteiger partial charge < -0.3 is 19.0 Å². The summed E-state index contributed by atoms with van der Waals surface area (Å²) in [6.07, 6.45) is 19.7. The molecule has 0 unspecified atom stereocenters. The Balaban J connectivity index is 2.39. The van der Waals surface area contributed by atoms with Crippen molar-refractivity contribution in [2.24, 2.45) is 10.2 Å². The van der Waals surface area contributed by atoms with E-state index in [2.05, 4.69) is 41.5 Å². The number of carbonyl (C=O) groups is 2. The maximum Gasteiger partial charge on any atom is 0.303 e. The van der Waals surface area contributed by atoms with Crippen LogP contribution in [0.25, 0.3) is 0 Å². The Kier molecular flexibility index (Phi) is 19.9. The summed E-state index contributed by atoms with van der Waals surface area (Å²) in [5, 5.41) is 27.8. The SMILES string of the molecule is CCCCCc1oc(/C(CCCCCCCC(=O)O)=N\N=C(\CCCCCCCC(=O)O)c2oc(CCCCC)c(C)c2C)c(C)c1C. The predicted octanol–water partition coefficient (Wildman–Crippen LogP) is 11.4. The van der Waals surface area contributed by atoms with Crippen LogP contribution in [-0.2, 0) is 22.4 Å². The van der Waals surface area contributed by atoms with Gasteiger partial charge in [0.05, 0.1) is 0 Å². The summed E-state index contributed by atoms with van der Waals surface area (Å²) in [6, 6.07) is 0. The smallest absolute Gasteiger partial charge is 0.303 e. The molecule has 2 heterocycles. The Morgan fingerprint density at radius 1 is 0.479 bits per heavy atom. The molecule has 0 bridgehead atoms. The molecular weight excluding hydrogens is 604 g/mol. The fourth-order valence-corrected chi connectivity index (χ4v) is 6.15. The second-order valence-corrected chi connectivity index (χ2v) is 13.5. The number of carboxylic acid groups (broad SMARTS) is 2. The minimum Gasteiger partial charge on any atom is -0.481 e. The number of unbranched alkanes of at least 4 members (excludes halogenated alkanes) is 12. The molecule has 48 heavy (non-hydrogen) atoms. The average Bonchev–Trinajstić information content (AvgIpc) is 3.49. The van der Waals surface area contributed by atoms with Gasteiger partial charge in [-0.25, -0.2) is 0 Å². The van der Waals surface area contributed by atoms with Crippen LogP contribution in [0.5, 0.6) is 0 Å². The van der Waals surface area contributed by atoms with Crippen molar-refractivity contribution in [2.45, 2.75) is 183 Å². The number of furan rings is 2. The van der Waals surface area contributed by atoms with Crippen LogP contribution in [0.15, 0.2) is 19.0 Å². The first kappa shape index (κ1) is 41.0. The summed E-state index contributed by atoms with van der Waals surface area (Å²) < 4.78 is 13.1. The van der Waals surface area contributed by atoms with Crippen molar-refractivity contribution >= 4 is 23.4 Å². The molecule has 0 saturated heterocycles. The van der Waals surface area contributed by atoms with Crippen molar-refractivity contribution in [2.75, 3.05) is 0 Å². The molecule has 0 saturated carbocycles. The van der Waals surface area contributed by atoms with Gasteiger partial charge in [0.2, 0.25) is 0 Å². The van der Waals surface area contributed by atoms with Crippen molar-refractivity contribution in [1.82, 2.24) is 0 Å². The Morgan fingerprint density at radius 3 is 1.15 bits per heavy atom. The van der Waals surface area contributed by atoms with E-state index in [0.717, 1.165) is 148 Å². The first-order valence-electron chi connectivity index (χ1n) is 18.9. The molecule has 8 nitrogen and oxygen atoms in total. The molecule has 2 aromatic heterocycles. The lowest BCUT2D eigenvalue weighted by molar-refractivity contribution is -0.138. The summed E-state index contributed by atoms with van der Waals surface area (Å²) >= 11 is 0. The van der Waals surface area contributed by atoms with E-state index >= 15 is 0 Å². The van der Waals surface area contributed by atoms with Crippen molar-refractivity contribution in [3.63, 3.8) is 0 Å². The van der Waals surface area contributed by atoms with E-state index in [1.807, 2.05) is 0 Å². The summed E-state index contributed by atoms with van der Waals surface area (Å²) in [5.74, 6) is 2.28. The topological polar surface area (TPSA) is 126 Å². The van der Waals surface area contributed by atoms with Crippen LogP contribution < -0.4 is 0 Å². The largest absolute Gasteiger partial charge is 0.481 e. The molecule has 0 amide bonds. The van der Waals surface area contributed by atoms with Crippen LogP contribution >= 0.6 is 0 Å². The molecule has 0 spiro atoms. The highest BCUT2D eigenvalue weighted by molar-refractivity contribution is 6.02. The third-order valence-electron chi connectivity index (χ3n) is 9.53. The number of carboxylic acids is 2. The summed E-state index contributed by atoms with van der Waals surface area (Å²) in [6.45, 7) is 13.0. The highest BCUT2D eigenvalue weighted by Crippen LogP contribution is 2.28. The zero-order chi connectivity index (χ0) is 35.3. The maximum absolute atomic E-state index is 10.9. The van der Waals surface area contributed by atoms with Gasteiger partial charge in [-0.1, -0.05) is 78.1 Å². The van der Waals surface area contributed by atoms with E-state index in [1.54, 1.807) is 0 Å². The monoisotopic (exact) mass is 668 g/mol. The molecule has 270 valence electrons. The van der Waals surface area contributed by atoms with Gasteiger partial charge in [0, 0.05) is 25.7 Å². The van der Waals surface area contributed by atoms with Crippen LogP contribution in [-0.4, -0.2) is 33.6 Å². The fraction of sp³-hybridized carbons (Fsp3) is 0.700. The standard InChI is InChI=1S/C40H64N2O6/c1-7-9-17-25-35-29(3)31(5)39(47-35)33(23-19-13-11-15-21-27-37(43)44)41-42-34(24-20-14-12-16-22-28-38(45)46)40-32(6)30(4)36(48-40)26-18-10-8-2/h7-28H2,1-6H3,(H,43,44)(H,45,46)/b41-33-,42-34-. The quantitative estimate of drug-likeness (QED) is 0.0554. The van der Waals surface area contributed by atoms with Gasteiger partial charge in [0.1, 0.15) is 22.9 Å². The first-order chi connectivity index (χ1) is 23.1. The Morgan fingerprint density at radius 2 is 0.812 bits per heavy atom. The number of hydrogen-bond donors (Lipinski definition) is 2. The lowest BCUT2D eigenvalue weighted by Crippen LogP contribution is -2.05. The normalized spacial score (nSPS) is 12.3. The summed E-state index contributed by atoms with van der Waals surface area (Å²) in [7, 11) is 0. The van der Waals surface area contributed by atoms with Gasteiger partial charge in [0.15, 0.2) is 11.5 Å². The lowest BCUT2D eigenvalue weighted by Gasteiger charge is -2.07. The van der Waals surface area contributed by atoms with E-state index in [4.69, 9.17) is 29.3 Å². The molecule has 0 aliphatic carbocycles. The molecule has 0 aliphatic heterocycles. The average molecular weight is 669 g/mol. The molecule has 2 aromatic rings. The van der Waals surface area contributed by atoms with Gasteiger partial charge >= 0.3 is 11.9 Å². The molecule has 0 aliphatic rings. The second kappa shape index (κ2) is 23.2. The minimum atomic E-state index is -0.732. The molecular formula is C40H64N2O6. The van der Waals surface area contributed by atoms with Gasteiger partial charge in [-0.15, -0.1) is 0 Å². The Hall–Kier alpha value is -3.16. The number of nitrogens with zero attached hydrogens (tertiary/aromatic N) is 2. The van der Waals surface area contributed by atoms with E-state index in [1.165, 1.54) is 24.0 Å². The van der Waals surface area contributed by atoms with E-state index in [0.29, 0.717) is 12.8 Å². The van der Waals surface area contributed by atoms with Gasteiger partial charge in [-0.05, 0) is 101 Å². The van der Waals surface area contributed by atoms with E-state index in [-0.39, 0.29) is 12.8 Å². The van der Waals surface area contributed by atoms with Crippen molar-refractivity contribution in [3.8, 4) is 0 Å². The van der Waals surface area contributed by atoms with Crippen molar-refractivity contribution in [1.29, 1.82) is 0 Å². The van der Waals surface area contributed by atoms with Gasteiger partial charge in [0.25, 0.3) is 0 Å². The van der Waals surface area contributed by atoms with Crippen molar-refractivity contribution < 1.29 is 28.6 Å². The third-order valence-corrected chi connectivity index (χ3v) is 9.53. The highest BCUT2D eigenvalue weighted by atomic mass is 16.4. The summed E-state index contributed by atoms with van der Waals surface area (Å²) in [4.78, 5) is 21.8. The molecule has 2 N–H and O–H groups in total. The Bertz CT molecular complexity index is 1220. The minimum absolute atomic E-state index is 0.226. The maximum atomic E-state index is 10.9. The second-order valence-electron chi connectivity index (χ2n) is 13.5. The van der Waals surface area contributed by atoms with Crippen LogP contribution in [0.4, 0.5) is 0 Å². The number of rotatable bonds is 27. The fourth-order valence-electron chi connectivity index (χ4n) is 6.15. The molecule has 0 aromatic carbocycles. The first-order valence-corrected chi connectivity index (χ1v) is 18.9. The molecule has 2 rings (SSSR count). The third kappa shape index (κ3) is 14.5. The zero-order valence-corrected chi connectivity index (χ0v) is 31.0. The van der Waals surface area contributed by atoms with Crippen LogP contribution in [0.2, 0.25) is 0 Å². The molecule has 0 fully saturated rings. The lowest BCUT2D eigenvalue weighted by atomic mass is 10.0. The van der Waals surface area contributed by atoms with Crippen LogP contribution in [0.3, 0.4) is 0 Å².